The Morgan fingerprint density at radius 3 is 2.48 bits per heavy atom. The van der Waals surface area contributed by atoms with Crippen molar-refractivity contribution < 1.29 is 18.0 Å². The van der Waals surface area contributed by atoms with E-state index in [0.29, 0.717) is 12.8 Å². The van der Waals surface area contributed by atoms with Crippen LogP contribution in [0.15, 0.2) is 35.5 Å². The van der Waals surface area contributed by atoms with Crippen LogP contribution < -0.4 is 0 Å². The molecule has 0 saturated heterocycles. The second-order valence-corrected chi connectivity index (χ2v) is 10.3. The summed E-state index contributed by atoms with van der Waals surface area (Å²) in [7, 11) is 0. The molecule has 3 nitrogen and oxygen atoms in total. The molecule has 1 atom stereocenters. The van der Waals surface area contributed by atoms with Crippen molar-refractivity contribution >= 4 is 5.78 Å². The van der Waals surface area contributed by atoms with Crippen LogP contribution in [0.5, 0.6) is 0 Å². The summed E-state index contributed by atoms with van der Waals surface area (Å²) in [4.78, 5) is 13.3. The molecule has 0 radical (unpaired) electrons. The number of rotatable bonds is 0. The Morgan fingerprint density at radius 2 is 1.81 bits per heavy atom. The number of alkyl halides is 2. The molecule has 1 spiro atoms. The number of halogens is 3. The Labute approximate surface area is 180 Å². The summed E-state index contributed by atoms with van der Waals surface area (Å²) >= 11 is 0. The van der Waals surface area contributed by atoms with E-state index in [-0.39, 0.29) is 29.9 Å². The van der Waals surface area contributed by atoms with Crippen LogP contribution in [0.25, 0.3) is 0 Å². The molecule has 0 unspecified atom stereocenters. The van der Waals surface area contributed by atoms with Crippen molar-refractivity contribution in [2.24, 2.45) is 5.41 Å². The van der Waals surface area contributed by atoms with Crippen LogP contribution in [0.2, 0.25) is 0 Å². The van der Waals surface area contributed by atoms with Crippen LogP contribution in [0.3, 0.4) is 0 Å². The first-order valence-electron chi connectivity index (χ1n) is 11.1. The van der Waals surface area contributed by atoms with Crippen molar-refractivity contribution in [3.63, 3.8) is 0 Å². The number of carbonyl (C=O) groups is 1. The first-order valence-corrected chi connectivity index (χ1v) is 11.1. The molecule has 6 rings (SSSR count). The first kappa shape index (κ1) is 20.5. The van der Waals surface area contributed by atoms with Gasteiger partial charge in [0.25, 0.3) is 0 Å². The molecule has 164 valence electrons. The van der Waals surface area contributed by atoms with Gasteiger partial charge in [-0.05, 0) is 54.4 Å². The summed E-state index contributed by atoms with van der Waals surface area (Å²) in [5, 5.41) is 7.45. The summed E-state index contributed by atoms with van der Waals surface area (Å²) in [5.74, 6) is -2.22. The Bertz CT molecular complexity index is 1090. The zero-order chi connectivity index (χ0) is 22.0. The van der Waals surface area contributed by atoms with Gasteiger partial charge in [-0.2, -0.15) is 5.10 Å². The average molecular weight is 428 g/mol. The lowest BCUT2D eigenvalue weighted by Crippen LogP contribution is -2.41. The van der Waals surface area contributed by atoms with Crippen LogP contribution in [-0.4, -0.2) is 21.9 Å². The quantitative estimate of drug-likeness (QED) is 0.574. The van der Waals surface area contributed by atoms with Crippen molar-refractivity contribution in [1.82, 2.24) is 10.2 Å². The van der Waals surface area contributed by atoms with Crippen LogP contribution in [-0.2, 0) is 23.1 Å². The highest BCUT2D eigenvalue weighted by atomic mass is 19.3. The van der Waals surface area contributed by atoms with E-state index >= 15 is 0 Å². The number of benzene rings is 1. The molecule has 1 heterocycles. The summed E-state index contributed by atoms with van der Waals surface area (Å²) in [6.45, 7) is 4.34. The highest BCUT2D eigenvalue weighted by Crippen LogP contribution is 2.57. The number of ketones is 1. The highest BCUT2D eigenvalue weighted by molar-refractivity contribution is 6.02. The van der Waals surface area contributed by atoms with Crippen molar-refractivity contribution in [2.45, 2.75) is 76.6 Å². The lowest BCUT2D eigenvalue weighted by atomic mass is 9.58. The number of carbonyl (C=O) groups excluding carboxylic acids is 1. The SMILES string of the molecule is CC1(C)CC(=O)C2=C(Cc3[nH]ncc3[C@@]23CCc2cc(F)ccc23)C1.FC1(F)CCC1. The van der Waals surface area contributed by atoms with Gasteiger partial charge in [0.1, 0.15) is 5.82 Å². The van der Waals surface area contributed by atoms with Crippen LogP contribution in [0.1, 0.15) is 74.8 Å². The lowest BCUT2D eigenvalue weighted by Gasteiger charge is -2.43. The van der Waals surface area contributed by atoms with Gasteiger partial charge in [0.15, 0.2) is 5.78 Å². The highest BCUT2D eigenvalue weighted by Gasteiger charge is 2.53. The molecular formula is C25H27F3N2O. The van der Waals surface area contributed by atoms with Gasteiger partial charge in [0.2, 0.25) is 5.92 Å². The van der Waals surface area contributed by atoms with E-state index in [4.69, 9.17) is 0 Å². The number of nitrogens with one attached hydrogen (secondary N) is 1. The summed E-state index contributed by atoms with van der Waals surface area (Å²) in [6.07, 6.45) is 6.74. The summed E-state index contributed by atoms with van der Waals surface area (Å²) < 4.78 is 36.8. The maximum Gasteiger partial charge on any atom is 0.248 e. The standard InChI is InChI=1S/C21H21FN2O.C4H6F2/c1-20(2)9-13-8-17-16(11-23-24-17)21(19(13)18(25)10-20)6-5-12-7-14(22)3-4-15(12)21;5-4(6)2-1-3-4/h3-4,7,11H,5-6,8-10H2,1-2H3,(H,23,24);1-3H2/t21-;/m0./s1. The van der Waals surface area contributed by atoms with E-state index in [1.807, 2.05) is 12.3 Å². The number of nitrogens with zero attached hydrogens (tertiary/aromatic N) is 1. The van der Waals surface area contributed by atoms with E-state index in [0.717, 1.165) is 53.6 Å². The van der Waals surface area contributed by atoms with Crippen molar-refractivity contribution in [2.75, 3.05) is 0 Å². The van der Waals surface area contributed by atoms with E-state index in [2.05, 4.69) is 24.0 Å². The molecule has 1 N–H and O–H groups in total. The number of fused-ring (bicyclic) bond motifs is 5. The molecule has 1 fully saturated rings. The van der Waals surface area contributed by atoms with E-state index < -0.39 is 11.3 Å². The Hall–Kier alpha value is -2.37. The molecule has 0 aliphatic heterocycles. The van der Waals surface area contributed by atoms with Crippen molar-refractivity contribution in [3.8, 4) is 0 Å². The van der Waals surface area contributed by atoms with Gasteiger partial charge >= 0.3 is 0 Å². The number of hydrogen-bond acceptors (Lipinski definition) is 2. The zero-order valence-corrected chi connectivity index (χ0v) is 18.0. The third kappa shape index (κ3) is 3.26. The normalized spacial score (nSPS) is 27.1. The lowest BCUT2D eigenvalue weighted by molar-refractivity contribution is -0.118. The Morgan fingerprint density at radius 1 is 1.06 bits per heavy atom. The number of H-pyrrole nitrogens is 1. The molecule has 0 amide bonds. The topological polar surface area (TPSA) is 45.8 Å². The number of Topliss-reactive ketones (excluding diaryl/α,β-unsaturated/α-hetero) is 1. The molecule has 6 heteroatoms. The third-order valence-corrected chi connectivity index (χ3v) is 7.34. The summed E-state index contributed by atoms with van der Waals surface area (Å²) in [5.41, 5.74) is 6.13. The fraction of sp³-hybridized carbons (Fsp3) is 0.520. The molecule has 1 aromatic heterocycles. The van der Waals surface area contributed by atoms with E-state index in [1.165, 1.54) is 11.6 Å². The van der Waals surface area contributed by atoms with Crippen molar-refractivity contribution in [1.29, 1.82) is 0 Å². The molecule has 31 heavy (non-hydrogen) atoms. The van der Waals surface area contributed by atoms with Crippen LogP contribution >= 0.6 is 0 Å². The Balaban J connectivity index is 0.000000296. The first-order chi connectivity index (χ1) is 14.6. The fourth-order valence-corrected chi connectivity index (χ4v) is 5.93. The van der Waals surface area contributed by atoms with Gasteiger partial charge in [-0.1, -0.05) is 25.5 Å². The van der Waals surface area contributed by atoms with Crippen LogP contribution in [0.4, 0.5) is 13.2 Å². The number of allylic oxidation sites excluding steroid dienone is 2. The molecular weight excluding hydrogens is 401 g/mol. The summed E-state index contributed by atoms with van der Waals surface area (Å²) in [6, 6.07) is 5.05. The van der Waals surface area contributed by atoms with Gasteiger partial charge in [-0.3, -0.25) is 9.89 Å². The second kappa shape index (κ2) is 6.81. The molecule has 1 saturated carbocycles. The van der Waals surface area contributed by atoms with Gasteiger partial charge in [-0.15, -0.1) is 0 Å². The van der Waals surface area contributed by atoms with Gasteiger partial charge in [-0.25, -0.2) is 13.2 Å². The van der Waals surface area contributed by atoms with Gasteiger partial charge in [0.05, 0.1) is 11.6 Å². The minimum atomic E-state index is -2.28. The minimum absolute atomic E-state index is 0.00113. The van der Waals surface area contributed by atoms with E-state index in [1.54, 1.807) is 6.07 Å². The number of aromatic amines is 1. The number of aromatic nitrogens is 2. The maximum atomic E-state index is 13.8. The fourth-order valence-electron chi connectivity index (χ4n) is 5.93. The predicted molar refractivity (Wildman–Crippen MR) is 112 cm³/mol. The Kier molecular flexibility index (Phi) is 4.51. The molecule has 1 aromatic carbocycles. The minimum Gasteiger partial charge on any atom is -0.294 e. The maximum absolute atomic E-state index is 13.8. The monoisotopic (exact) mass is 428 g/mol. The number of aryl methyl sites for hydroxylation is 1. The average Bonchev–Trinajstić information content (AvgIpc) is 3.25. The zero-order valence-electron chi connectivity index (χ0n) is 18.0. The van der Waals surface area contributed by atoms with Crippen molar-refractivity contribution in [3.05, 3.63) is 63.7 Å². The number of hydrogen-bond donors (Lipinski definition) is 1. The van der Waals surface area contributed by atoms with E-state index in [9.17, 15) is 18.0 Å². The van der Waals surface area contributed by atoms with Gasteiger partial charge in [0, 0.05) is 42.5 Å². The van der Waals surface area contributed by atoms with Crippen LogP contribution in [0, 0.1) is 11.2 Å². The van der Waals surface area contributed by atoms with Gasteiger partial charge < -0.3 is 0 Å². The molecule has 2 aromatic rings. The molecule has 0 bridgehead atoms. The smallest absolute Gasteiger partial charge is 0.248 e. The molecule has 4 aliphatic rings. The molecule has 4 aliphatic carbocycles. The third-order valence-electron chi connectivity index (χ3n) is 7.34. The predicted octanol–water partition coefficient (Wildman–Crippen LogP) is 5.83. The second-order valence-electron chi connectivity index (χ2n) is 10.3. The largest absolute Gasteiger partial charge is 0.294 e.